The fourth-order valence-electron chi connectivity index (χ4n) is 3.17. The number of hydrogen-bond acceptors (Lipinski definition) is 9. The van der Waals surface area contributed by atoms with Crippen LogP contribution in [-0.4, -0.2) is 47.4 Å². The fraction of sp³-hybridized carbons (Fsp3) is 0.312. The Balaban J connectivity index is 1.81. The first-order valence-corrected chi connectivity index (χ1v) is 9.03. The van der Waals surface area contributed by atoms with Crippen molar-refractivity contribution in [3.05, 3.63) is 44.1 Å². The quantitative estimate of drug-likeness (QED) is 0.289. The number of carbonyl (C=O) groups is 1. The van der Waals surface area contributed by atoms with Gasteiger partial charge in [-0.1, -0.05) is 0 Å². The van der Waals surface area contributed by atoms with Crippen LogP contribution in [0.15, 0.2) is 6.33 Å². The van der Waals surface area contributed by atoms with Gasteiger partial charge in [0.1, 0.15) is 34.0 Å². The van der Waals surface area contributed by atoms with E-state index in [9.17, 15) is 14.9 Å². The van der Waals surface area contributed by atoms with E-state index < -0.39 is 10.9 Å². The molecule has 0 spiro atoms. The van der Waals surface area contributed by atoms with Gasteiger partial charge in [-0.2, -0.15) is 5.10 Å². The Morgan fingerprint density at radius 3 is 2.71 bits per heavy atom. The molecule has 0 bridgehead atoms. The standard InChI is InChI=1S/C16H15N7O4S/c1-7-11-14-18-10(5-21-9(3)12(23(25)26)8(2)19-21)20-22(14)6-17-15(11)28-13(7)16(24)27-4/h6H,5H2,1-4H3. The van der Waals surface area contributed by atoms with Crippen LogP contribution in [0.5, 0.6) is 0 Å². The zero-order chi connectivity index (χ0) is 20.2. The number of aromatic nitrogens is 6. The Kier molecular flexibility index (Phi) is 4.07. The molecule has 0 amide bonds. The Morgan fingerprint density at radius 2 is 2.07 bits per heavy atom. The van der Waals surface area contributed by atoms with Gasteiger partial charge in [-0.05, 0) is 26.3 Å². The molecule has 0 aliphatic heterocycles. The topological polar surface area (TPSA) is 130 Å². The number of fused-ring (bicyclic) bond motifs is 3. The van der Waals surface area contributed by atoms with Crippen LogP contribution < -0.4 is 0 Å². The number of nitro groups is 1. The highest BCUT2D eigenvalue weighted by Crippen LogP contribution is 2.32. The summed E-state index contributed by atoms with van der Waals surface area (Å²) in [6.07, 6.45) is 1.52. The van der Waals surface area contributed by atoms with Crippen molar-refractivity contribution in [2.75, 3.05) is 7.11 Å². The molecule has 0 saturated carbocycles. The number of thiophene rings is 1. The van der Waals surface area contributed by atoms with E-state index in [-0.39, 0.29) is 12.2 Å². The predicted octanol–water partition coefficient (Wildman–Crippen LogP) is 2.20. The average molecular weight is 401 g/mol. The van der Waals surface area contributed by atoms with Crippen molar-refractivity contribution in [3.8, 4) is 0 Å². The summed E-state index contributed by atoms with van der Waals surface area (Å²) in [5.74, 6) is 0.00774. The van der Waals surface area contributed by atoms with Crippen molar-refractivity contribution in [1.82, 2.24) is 29.4 Å². The van der Waals surface area contributed by atoms with Gasteiger partial charge in [0.2, 0.25) is 0 Å². The molecule has 0 fully saturated rings. The van der Waals surface area contributed by atoms with Gasteiger partial charge in [0.05, 0.1) is 17.4 Å². The number of hydrogen-bond donors (Lipinski definition) is 0. The van der Waals surface area contributed by atoms with Gasteiger partial charge in [0.15, 0.2) is 11.5 Å². The molecule has 11 nitrogen and oxygen atoms in total. The van der Waals surface area contributed by atoms with E-state index in [1.54, 1.807) is 13.8 Å². The molecular formula is C16H15N7O4S. The van der Waals surface area contributed by atoms with Crippen LogP contribution >= 0.6 is 11.3 Å². The normalized spacial score (nSPS) is 11.4. The van der Waals surface area contributed by atoms with Crippen molar-refractivity contribution in [2.24, 2.45) is 0 Å². The summed E-state index contributed by atoms with van der Waals surface area (Å²) in [4.78, 5) is 32.7. The molecule has 12 heteroatoms. The van der Waals surface area contributed by atoms with Crippen LogP contribution in [0.1, 0.15) is 32.4 Å². The van der Waals surface area contributed by atoms with Crippen LogP contribution in [0.2, 0.25) is 0 Å². The van der Waals surface area contributed by atoms with Gasteiger partial charge >= 0.3 is 11.7 Å². The van der Waals surface area contributed by atoms with Gasteiger partial charge in [0, 0.05) is 0 Å². The van der Waals surface area contributed by atoms with Gasteiger partial charge in [-0.15, -0.1) is 16.4 Å². The molecule has 0 aliphatic rings. The number of carbonyl (C=O) groups excluding carboxylic acids is 1. The predicted molar refractivity (Wildman–Crippen MR) is 99.7 cm³/mol. The fourth-order valence-corrected chi connectivity index (χ4v) is 4.23. The van der Waals surface area contributed by atoms with Crippen molar-refractivity contribution >= 4 is 38.9 Å². The van der Waals surface area contributed by atoms with Gasteiger partial charge in [-0.3, -0.25) is 14.8 Å². The molecule has 144 valence electrons. The first-order chi connectivity index (χ1) is 13.3. The highest BCUT2D eigenvalue weighted by molar-refractivity contribution is 7.20. The number of nitrogens with zero attached hydrogens (tertiary/aromatic N) is 7. The molecule has 0 saturated heterocycles. The number of rotatable bonds is 4. The summed E-state index contributed by atoms with van der Waals surface area (Å²) in [6, 6.07) is 0. The summed E-state index contributed by atoms with van der Waals surface area (Å²) in [7, 11) is 1.33. The average Bonchev–Trinajstić information content (AvgIpc) is 3.28. The molecule has 4 aromatic rings. The number of methoxy groups -OCH3 is 1. The number of aryl methyl sites for hydroxylation is 2. The lowest BCUT2D eigenvalue weighted by molar-refractivity contribution is -0.386. The molecule has 0 aromatic carbocycles. The van der Waals surface area contributed by atoms with E-state index in [2.05, 4.69) is 20.2 Å². The Hall–Kier alpha value is -3.41. The van der Waals surface area contributed by atoms with Crippen LogP contribution in [-0.2, 0) is 11.3 Å². The SMILES string of the molecule is COC(=O)c1sc2ncn3nc(Cn4nc(C)c([N+](=O)[O-])c4C)nc3c2c1C. The van der Waals surface area contributed by atoms with Gasteiger partial charge in [0.25, 0.3) is 0 Å². The molecule has 0 radical (unpaired) electrons. The third-order valence-corrected chi connectivity index (χ3v) is 5.68. The Labute approximate surface area is 161 Å². The smallest absolute Gasteiger partial charge is 0.348 e. The van der Waals surface area contributed by atoms with Crippen LogP contribution in [0.4, 0.5) is 5.69 Å². The number of esters is 1. The van der Waals surface area contributed by atoms with Crippen LogP contribution in [0.25, 0.3) is 15.9 Å². The lowest BCUT2D eigenvalue weighted by Crippen LogP contribution is -2.06. The van der Waals surface area contributed by atoms with Gasteiger partial charge < -0.3 is 4.74 Å². The minimum Gasteiger partial charge on any atom is -0.465 e. The molecule has 28 heavy (non-hydrogen) atoms. The molecule has 0 atom stereocenters. The van der Waals surface area contributed by atoms with Crippen LogP contribution in [0, 0.1) is 30.9 Å². The third-order valence-electron chi connectivity index (χ3n) is 4.50. The first-order valence-electron chi connectivity index (χ1n) is 8.21. The van der Waals surface area contributed by atoms with E-state index >= 15 is 0 Å². The molecule has 0 N–H and O–H groups in total. The van der Waals surface area contributed by atoms with E-state index in [0.717, 1.165) is 10.9 Å². The summed E-state index contributed by atoms with van der Waals surface area (Å²) in [5.41, 5.74) is 2.05. The lowest BCUT2D eigenvalue weighted by atomic mass is 10.2. The van der Waals surface area contributed by atoms with E-state index in [1.165, 1.54) is 34.0 Å². The Bertz CT molecular complexity index is 1270. The van der Waals surface area contributed by atoms with Gasteiger partial charge in [-0.25, -0.2) is 19.3 Å². The molecule has 4 aromatic heterocycles. The summed E-state index contributed by atoms with van der Waals surface area (Å²) in [5, 5.41) is 20.5. The highest BCUT2D eigenvalue weighted by atomic mass is 32.1. The summed E-state index contributed by atoms with van der Waals surface area (Å²) >= 11 is 1.24. The lowest BCUT2D eigenvalue weighted by Gasteiger charge is -1.98. The van der Waals surface area contributed by atoms with Crippen molar-refractivity contribution in [1.29, 1.82) is 0 Å². The zero-order valence-electron chi connectivity index (χ0n) is 15.5. The summed E-state index contributed by atoms with van der Waals surface area (Å²) in [6.45, 7) is 5.22. The second-order valence-corrected chi connectivity index (χ2v) is 7.20. The van der Waals surface area contributed by atoms with Crippen LogP contribution in [0.3, 0.4) is 0 Å². The van der Waals surface area contributed by atoms with Crippen molar-refractivity contribution in [2.45, 2.75) is 27.3 Å². The second kappa shape index (κ2) is 6.34. The van der Waals surface area contributed by atoms with E-state index in [0.29, 0.717) is 32.6 Å². The minimum absolute atomic E-state index is 0.00998. The maximum absolute atomic E-state index is 12.0. The monoisotopic (exact) mass is 401 g/mol. The number of ether oxygens (including phenoxy) is 1. The van der Waals surface area contributed by atoms with Crippen molar-refractivity contribution in [3.63, 3.8) is 0 Å². The second-order valence-electron chi connectivity index (χ2n) is 6.20. The minimum atomic E-state index is -0.443. The first kappa shape index (κ1) is 18.0. The molecule has 4 rings (SSSR count). The molecule has 4 heterocycles. The maximum atomic E-state index is 12.0. The Morgan fingerprint density at radius 1 is 1.32 bits per heavy atom. The zero-order valence-corrected chi connectivity index (χ0v) is 16.3. The molecular weight excluding hydrogens is 386 g/mol. The van der Waals surface area contributed by atoms with Crippen molar-refractivity contribution < 1.29 is 14.5 Å². The highest BCUT2D eigenvalue weighted by Gasteiger charge is 2.24. The maximum Gasteiger partial charge on any atom is 0.348 e. The molecule has 0 unspecified atom stereocenters. The molecule has 0 aliphatic carbocycles. The van der Waals surface area contributed by atoms with E-state index in [1.807, 2.05) is 6.92 Å². The van der Waals surface area contributed by atoms with E-state index in [4.69, 9.17) is 4.74 Å². The summed E-state index contributed by atoms with van der Waals surface area (Å²) < 4.78 is 7.86. The largest absolute Gasteiger partial charge is 0.465 e. The third kappa shape index (κ3) is 2.60.